The molecule has 3 heteroatoms. The van der Waals surface area contributed by atoms with Crippen molar-refractivity contribution in [2.24, 2.45) is 0 Å². The first-order chi connectivity index (χ1) is 7.63. The summed E-state index contributed by atoms with van der Waals surface area (Å²) in [5.41, 5.74) is 2.61. The zero-order chi connectivity index (χ0) is 12.0. The summed E-state index contributed by atoms with van der Waals surface area (Å²) in [7, 11) is 1.71. The van der Waals surface area contributed by atoms with E-state index < -0.39 is 5.37 Å². The van der Waals surface area contributed by atoms with Crippen LogP contribution in [0.4, 0.5) is 4.79 Å². The van der Waals surface area contributed by atoms with Crippen molar-refractivity contribution in [1.82, 2.24) is 4.90 Å². The monoisotopic (exact) mass is 239 g/mol. The minimum Gasteiger partial charge on any atom is -0.332 e. The van der Waals surface area contributed by atoms with Crippen molar-refractivity contribution in [2.75, 3.05) is 13.6 Å². The van der Waals surface area contributed by atoms with Gasteiger partial charge in [-0.05, 0) is 35.6 Å². The average molecular weight is 240 g/mol. The van der Waals surface area contributed by atoms with Gasteiger partial charge in [0.2, 0.25) is 0 Å². The molecule has 1 amide bonds. The smallest absolute Gasteiger partial charge is 0.316 e. The Hall–Kier alpha value is -1.02. The van der Waals surface area contributed by atoms with Crippen LogP contribution in [-0.4, -0.2) is 23.9 Å². The Balaban J connectivity index is 2.46. The Labute approximate surface area is 102 Å². The summed E-state index contributed by atoms with van der Waals surface area (Å²) in [5, 5.41) is -0.400. The molecule has 0 aliphatic heterocycles. The normalized spacial score (nSPS) is 10.2. The van der Waals surface area contributed by atoms with Gasteiger partial charge in [0.15, 0.2) is 0 Å². The van der Waals surface area contributed by atoms with Gasteiger partial charge < -0.3 is 4.90 Å². The molecule has 0 aliphatic rings. The van der Waals surface area contributed by atoms with E-state index in [1.165, 1.54) is 22.4 Å². The number of nitrogens with zero attached hydrogens (tertiary/aromatic N) is 1. The quantitative estimate of drug-likeness (QED) is 0.569. The third-order valence-corrected chi connectivity index (χ3v) is 2.89. The zero-order valence-electron chi connectivity index (χ0n) is 9.87. The van der Waals surface area contributed by atoms with E-state index in [2.05, 4.69) is 31.2 Å². The number of hydrogen-bond acceptors (Lipinski definition) is 1. The fraction of sp³-hybridized carbons (Fsp3) is 0.462. The highest BCUT2D eigenvalue weighted by Crippen LogP contribution is 2.08. The van der Waals surface area contributed by atoms with Gasteiger partial charge in [0, 0.05) is 13.6 Å². The van der Waals surface area contributed by atoms with Crippen molar-refractivity contribution in [3.05, 3.63) is 35.4 Å². The number of rotatable bonds is 5. The summed E-state index contributed by atoms with van der Waals surface area (Å²) in [6.07, 6.45) is 3.14. The zero-order valence-corrected chi connectivity index (χ0v) is 10.6. The molecule has 0 atom stereocenters. The van der Waals surface area contributed by atoms with Crippen LogP contribution >= 0.6 is 11.6 Å². The number of likely N-dealkylation sites (N-methyl/N-ethyl adjacent to an activating group) is 1. The van der Waals surface area contributed by atoms with Gasteiger partial charge in [-0.25, -0.2) is 0 Å². The van der Waals surface area contributed by atoms with Crippen molar-refractivity contribution in [2.45, 2.75) is 26.2 Å². The molecule has 1 aromatic rings. The second-order valence-corrected chi connectivity index (χ2v) is 4.31. The summed E-state index contributed by atoms with van der Waals surface area (Å²) >= 11 is 5.35. The summed E-state index contributed by atoms with van der Waals surface area (Å²) < 4.78 is 0. The van der Waals surface area contributed by atoms with E-state index in [1.54, 1.807) is 7.05 Å². The van der Waals surface area contributed by atoms with Crippen LogP contribution in [-0.2, 0) is 12.8 Å². The lowest BCUT2D eigenvalue weighted by Gasteiger charge is -2.12. The Bertz CT molecular complexity index is 334. The molecule has 0 fully saturated rings. The van der Waals surface area contributed by atoms with Gasteiger partial charge in [0.05, 0.1) is 0 Å². The summed E-state index contributed by atoms with van der Waals surface area (Å²) in [6.45, 7) is 2.84. The van der Waals surface area contributed by atoms with Crippen LogP contribution < -0.4 is 0 Å². The standard InChI is InChI=1S/C13H18ClNO/c1-3-4-11-5-7-12(8-6-11)9-10-15(2)13(14)16/h5-8H,3-4,9-10H2,1-2H3. The van der Waals surface area contributed by atoms with Crippen LogP contribution in [0.2, 0.25) is 0 Å². The number of halogens is 1. The molecule has 0 aliphatic carbocycles. The number of benzene rings is 1. The third kappa shape index (κ3) is 4.23. The number of carbonyl (C=O) groups is 1. The van der Waals surface area contributed by atoms with Gasteiger partial charge in [0.25, 0.3) is 0 Å². The Morgan fingerprint density at radius 3 is 2.12 bits per heavy atom. The molecule has 0 saturated carbocycles. The molecule has 0 spiro atoms. The Kier molecular flexibility index (Phi) is 5.33. The first-order valence-electron chi connectivity index (χ1n) is 5.62. The van der Waals surface area contributed by atoms with Crippen molar-refractivity contribution in [1.29, 1.82) is 0 Å². The van der Waals surface area contributed by atoms with Crippen molar-refractivity contribution >= 4 is 17.0 Å². The van der Waals surface area contributed by atoms with E-state index in [1.807, 2.05) is 0 Å². The topological polar surface area (TPSA) is 20.3 Å². The molecular formula is C13H18ClNO. The van der Waals surface area contributed by atoms with Gasteiger partial charge in [0.1, 0.15) is 0 Å². The number of aryl methyl sites for hydroxylation is 1. The van der Waals surface area contributed by atoms with Crippen molar-refractivity contribution < 1.29 is 4.79 Å². The van der Waals surface area contributed by atoms with E-state index in [-0.39, 0.29) is 0 Å². The first kappa shape index (κ1) is 13.0. The summed E-state index contributed by atoms with van der Waals surface area (Å²) in [4.78, 5) is 12.3. The molecule has 2 nitrogen and oxygen atoms in total. The number of hydrogen-bond donors (Lipinski definition) is 0. The number of carbonyl (C=O) groups excluding carboxylic acids is 1. The third-order valence-electron chi connectivity index (χ3n) is 2.60. The second kappa shape index (κ2) is 6.54. The van der Waals surface area contributed by atoms with E-state index in [0.29, 0.717) is 6.54 Å². The molecule has 0 N–H and O–H groups in total. The molecule has 0 radical (unpaired) electrons. The summed E-state index contributed by atoms with van der Waals surface area (Å²) in [6, 6.07) is 8.55. The lowest BCUT2D eigenvalue weighted by atomic mass is 10.1. The van der Waals surface area contributed by atoms with E-state index >= 15 is 0 Å². The molecule has 0 saturated heterocycles. The molecule has 0 bridgehead atoms. The highest BCUT2D eigenvalue weighted by Gasteiger charge is 2.03. The predicted octanol–water partition coefficient (Wildman–Crippen LogP) is 3.47. The maximum absolute atomic E-state index is 10.8. The highest BCUT2D eigenvalue weighted by molar-refractivity contribution is 6.62. The Morgan fingerprint density at radius 2 is 1.69 bits per heavy atom. The fourth-order valence-electron chi connectivity index (χ4n) is 1.55. The molecule has 88 valence electrons. The fourth-order valence-corrected chi connectivity index (χ4v) is 1.63. The Morgan fingerprint density at radius 1 is 1.19 bits per heavy atom. The van der Waals surface area contributed by atoms with Crippen molar-refractivity contribution in [3.8, 4) is 0 Å². The minimum atomic E-state index is -0.400. The van der Waals surface area contributed by atoms with Gasteiger partial charge in [-0.15, -0.1) is 0 Å². The first-order valence-corrected chi connectivity index (χ1v) is 5.99. The van der Waals surface area contributed by atoms with Crippen LogP contribution in [0.25, 0.3) is 0 Å². The summed E-state index contributed by atoms with van der Waals surface area (Å²) in [5.74, 6) is 0. The van der Waals surface area contributed by atoms with Gasteiger partial charge in [-0.3, -0.25) is 4.79 Å². The van der Waals surface area contributed by atoms with Crippen LogP contribution in [0.15, 0.2) is 24.3 Å². The van der Waals surface area contributed by atoms with Crippen LogP contribution in [0, 0.1) is 0 Å². The maximum atomic E-state index is 10.8. The molecule has 0 unspecified atom stereocenters. The van der Waals surface area contributed by atoms with Crippen LogP contribution in [0.3, 0.4) is 0 Å². The second-order valence-electron chi connectivity index (χ2n) is 3.99. The molecule has 1 aromatic carbocycles. The van der Waals surface area contributed by atoms with Gasteiger partial charge in [-0.1, -0.05) is 37.6 Å². The highest BCUT2D eigenvalue weighted by atomic mass is 35.5. The van der Waals surface area contributed by atoms with Crippen LogP contribution in [0.5, 0.6) is 0 Å². The lowest BCUT2D eigenvalue weighted by Crippen LogP contribution is -2.23. The molecule has 16 heavy (non-hydrogen) atoms. The SMILES string of the molecule is CCCc1ccc(CCN(C)C(=O)Cl)cc1. The van der Waals surface area contributed by atoms with E-state index in [9.17, 15) is 4.79 Å². The molecule has 0 aromatic heterocycles. The van der Waals surface area contributed by atoms with E-state index in [0.717, 1.165) is 12.8 Å². The average Bonchev–Trinajstić information content (AvgIpc) is 2.28. The largest absolute Gasteiger partial charge is 0.332 e. The van der Waals surface area contributed by atoms with Gasteiger partial charge >= 0.3 is 5.37 Å². The van der Waals surface area contributed by atoms with E-state index in [4.69, 9.17) is 11.6 Å². The maximum Gasteiger partial charge on any atom is 0.316 e. The molecular weight excluding hydrogens is 222 g/mol. The van der Waals surface area contributed by atoms with Gasteiger partial charge in [-0.2, -0.15) is 0 Å². The lowest BCUT2D eigenvalue weighted by molar-refractivity contribution is 0.232. The van der Waals surface area contributed by atoms with Crippen molar-refractivity contribution in [3.63, 3.8) is 0 Å². The minimum absolute atomic E-state index is 0.400. The number of amides is 1. The predicted molar refractivity (Wildman–Crippen MR) is 68.0 cm³/mol. The van der Waals surface area contributed by atoms with Crippen LogP contribution in [0.1, 0.15) is 24.5 Å². The molecule has 1 rings (SSSR count). The molecule has 0 heterocycles.